The number of halogens is 1. The fourth-order valence-electron chi connectivity index (χ4n) is 1.18. The molecule has 1 atom stereocenters. The van der Waals surface area contributed by atoms with Gasteiger partial charge in [0.15, 0.2) is 5.82 Å². The largest absolute Gasteiger partial charge is 0.368 e. The number of hydrogen-bond acceptors (Lipinski definition) is 5. The second-order valence-electron chi connectivity index (χ2n) is 3.31. The normalized spacial score (nSPS) is 11.9. The van der Waals surface area contributed by atoms with E-state index in [9.17, 15) is 0 Å². The van der Waals surface area contributed by atoms with Crippen LogP contribution in [-0.4, -0.2) is 23.6 Å². The van der Waals surface area contributed by atoms with E-state index in [0.717, 1.165) is 0 Å². The zero-order chi connectivity index (χ0) is 11.4. The Bertz CT molecular complexity index is 387. The fraction of sp³-hybridized carbons (Fsp3) is 0.444. The van der Waals surface area contributed by atoms with Crippen molar-refractivity contribution in [1.29, 1.82) is 5.26 Å². The van der Waals surface area contributed by atoms with Crippen molar-refractivity contribution in [3.8, 4) is 6.07 Å². The number of nitriles is 1. The van der Waals surface area contributed by atoms with Crippen molar-refractivity contribution in [2.45, 2.75) is 6.92 Å². The molecule has 2 N–H and O–H groups in total. The summed E-state index contributed by atoms with van der Waals surface area (Å²) in [4.78, 5) is 9.56. The summed E-state index contributed by atoms with van der Waals surface area (Å²) in [6.07, 6.45) is 1.45. The Labute approximate surface area is 93.5 Å². The van der Waals surface area contributed by atoms with Gasteiger partial charge in [-0.05, 0) is 6.92 Å². The first kappa shape index (κ1) is 11.5. The molecular weight excluding hydrogens is 214 g/mol. The van der Waals surface area contributed by atoms with Crippen LogP contribution in [0.3, 0.4) is 0 Å². The van der Waals surface area contributed by atoms with Crippen LogP contribution in [0, 0.1) is 17.2 Å². The van der Waals surface area contributed by atoms with Crippen LogP contribution in [0.4, 0.5) is 11.8 Å². The van der Waals surface area contributed by atoms with Gasteiger partial charge in [-0.25, -0.2) is 4.98 Å². The summed E-state index contributed by atoms with van der Waals surface area (Å²) >= 11 is 5.91. The van der Waals surface area contributed by atoms with Gasteiger partial charge in [-0.3, -0.25) is 0 Å². The van der Waals surface area contributed by atoms with Crippen LogP contribution in [0.2, 0.25) is 5.02 Å². The number of nitrogens with two attached hydrogens (primary N) is 1. The highest BCUT2D eigenvalue weighted by molar-refractivity contribution is 6.32. The lowest BCUT2D eigenvalue weighted by Crippen LogP contribution is -2.24. The molecule has 0 bridgehead atoms. The standard InChI is InChI=1S/C9H12ClN5/c1-6(3-11)5-15(2)8-7(10)4-13-9(12)14-8/h4,6H,5H2,1-2H3,(H2,12,13,14). The van der Waals surface area contributed by atoms with Crippen molar-refractivity contribution < 1.29 is 0 Å². The lowest BCUT2D eigenvalue weighted by Gasteiger charge is -2.20. The van der Waals surface area contributed by atoms with E-state index in [1.807, 2.05) is 14.0 Å². The summed E-state index contributed by atoms with van der Waals surface area (Å²) in [6, 6.07) is 2.14. The van der Waals surface area contributed by atoms with E-state index < -0.39 is 0 Å². The minimum Gasteiger partial charge on any atom is -0.368 e. The minimum absolute atomic E-state index is 0.0951. The predicted molar refractivity (Wildman–Crippen MR) is 59.5 cm³/mol. The Hall–Kier alpha value is -1.54. The van der Waals surface area contributed by atoms with Gasteiger partial charge in [0.2, 0.25) is 5.95 Å². The van der Waals surface area contributed by atoms with Crippen LogP contribution in [0.15, 0.2) is 6.20 Å². The predicted octanol–water partition coefficient (Wildman–Crippen LogP) is 1.31. The van der Waals surface area contributed by atoms with Crippen LogP contribution < -0.4 is 10.6 Å². The smallest absolute Gasteiger partial charge is 0.222 e. The van der Waals surface area contributed by atoms with E-state index in [0.29, 0.717) is 17.4 Å². The number of hydrogen-bond donors (Lipinski definition) is 1. The quantitative estimate of drug-likeness (QED) is 0.839. The Morgan fingerprint density at radius 1 is 1.73 bits per heavy atom. The molecule has 1 aromatic rings. The third kappa shape index (κ3) is 2.96. The molecule has 0 radical (unpaired) electrons. The highest BCUT2D eigenvalue weighted by Gasteiger charge is 2.11. The summed E-state index contributed by atoms with van der Waals surface area (Å²) in [7, 11) is 1.81. The zero-order valence-electron chi connectivity index (χ0n) is 8.61. The molecule has 0 saturated carbocycles. The average Bonchev–Trinajstić information content (AvgIpc) is 2.21. The van der Waals surface area contributed by atoms with Crippen molar-refractivity contribution in [2.75, 3.05) is 24.2 Å². The third-order valence-corrected chi connectivity index (χ3v) is 2.14. The Balaban J connectivity index is 2.86. The van der Waals surface area contributed by atoms with E-state index in [2.05, 4.69) is 16.0 Å². The molecule has 0 saturated heterocycles. The first-order chi connectivity index (χ1) is 7.04. The molecule has 0 amide bonds. The first-order valence-electron chi connectivity index (χ1n) is 4.43. The van der Waals surface area contributed by atoms with Crippen molar-refractivity contribution in [3.05, 3.63) is 11.2 Å². The topological polar surface area (TPSA) is 78.8 Å². The molecule has 0 aliphatic heterocycles. The van der Waals surface area contributed by atoms with Crippen molar-refractivity contribution >= 4 is 23.4 Å². The molecule has 0 fully saturated rings. The van der Waals surface area contributed by atoms with Crippen LogP contribution in [0.1, 0.15) is 6.92 Å². The van der Waals surface area contributed by atoms with Crippen molar-refractivity contribution in [1.82, 2.24) is 9.97 Å². The molecule has 6 heteroatoms. The maximum atomic E-state index is 8.69. The summed E-state index contributed by atoms with van der Waals surface area (Å²) in [6.45, 7) is 2.38. The number of anilines is 2. The summed E-state index contributed by atoms with van der Waals surface area (Å²) in [5.41, 5.74) is 5.46. The second-order valence-corrected chi connectivity index (χ2v) is 3.72. The average molecular weight is 226 g/mol. The molecule has 1 heterocycles. The summed E-state index contributed by atoms with van der Waals surface area (Å²) in [5, 5.41) is 9.11. The Morgan fingerprint density at radius 2 is 2.40 bits per heavy atom. The summed E-state index contributed by atoms with van der Waals surface area (Å²) in [5.74, 6) is 0.624. The van der Waals surface area contributed by atoms with Crippen LogP contribution >= 0.6 is 11.6 Å². The first-order valence-corrected chi connectivity index (χ1v) is 4.81. The minimum atomic E-state index is -0.0951. The van der Waals surface area contributed by atoms with Gasteiger partial charge in [0.1, 0.15) is 5.02 Å². The highest BCUT2D eigenvalue weighted by atomic mass is 35.5. The summed E-state index contributed by atoms with van der Waals surface area (Å²) < 4.78 is 0. The van der Waals surface area contributed by atoms with E-state index in [-0.39, 0.29) is 11.9 Å². The maximum absolute atomic E-state index is 8.69. The van der Waals surface area contributed by atoms with Gasteiger partial charge < -0.3 is 10.6 Å². The van der Waals surface area contributed by atoms with E-state index in [1.54, 1.807) is 4.90 Å². The van der Waals surface area contributed by atoms with Gasteiger partial charge in [0.05, 0.1) is 18.2 Å². The van der Waals surface area contributed by atoms with E-state index in [4.69, 9.17) is 22.6 Å². The van der Waals surface area contributed by atoms with Crippen molar-refractivity contribution in [3.63, 3.8) is 0 Å². The van der Waals surface area contributed by atoms with Crippen LogP contribution in [0.25, 0.3) is 0 Å². The molecule has 0 aliphatic carbocycles. The zero-order valence-corrected chi connectivity index (χ0v) is 9.36. The number of rotatable bonds is 3. The van der Waals surface area contributed by atoms with Gasteiger partial charge in [-0.1, -0.05) is 11.6 Å². The molecule has 1 aromatic heterocycles. The third-order valence-electron chi connectivity index (χ3n) is 1.87. The molecule has 5 nitrogen and oxygen atoms in total. The molecule has 15 heavy (non-hydrogen) atoms. The van der Waals surface area contributed by atoms with Crippen LogP contribution in [0.5, 0.6) is 0 Å². The van der Waals surface area contributed by atoms with Gasteiger partial charge >= 0.3 is 0 Å². The lowest BCUT2D eigenvalue weighted by molar-refractivity contribution is 0.710. The van der Waals surface area contributed by atoms with E-state index in [1.165, 1.54) is 6.20 Å². The van der Waals surface area contributed by atoms with Gasteiger partial charge in [0, 0.05) is 13.6 Å². The molecular formula is C9H12ClN5. The fourth-order valence-corrected chi connectivity index (χ4v) is 1.41. The number of nitrogen functional groups attached to an aromatic ring is 1. The lowest BCUT2D eigenvalue weighted by atomic mass is 10.2. The molecule has 0 aromatic carbocycles. The van der Waals surface area contributed by atoms with Crippen molar-refractivity contribution in [2.24, 2.45) is 5.92 Å². The Morgan fingerprint density at radius 3 is 3.00 bits per heavy atom. The maximum Gasteiger partial charge on any atom is 0.222 e. The van der Waals surface area contributed by atoms with Gasteiger partial charge in [-0.2, -0.15) is 10.2 Å². The Kier molecular flexibility index (Phi) is 3.69. The number of aromatic nitrogens is 2. The van der Waals surface area contributed by atoms with Crippen LogP contribution in [-0.2, 0) is 0 Å². The molecule has 0 aliphatic rings. The molecule has 0 spiro atoms. The van der Waals surface area contributed by atoms with Gasteiger partial charge in [0.25, 0.3) is 0 Å². The second kappa shape index (κ2) is 4.80. The van der Waals surface area contributed by atoms with E-state index >= 15 is 0 Å². The number of nitrogens with zero attached hydrogens (tertiary/aromatic N) is 4. The highest BCUT2D eigenvalue weighted by Crippen LogP contribution is 2.22. The van der Waals surface area contributed by atoms with Gasteiger partial charge in [-0.15, -0.1) is 0 Å². The molecule has 1 unspecified atom stereocenters. The molecule has 80 valence electrons. The molecule has 1 rings (SSSR count). The SMILES string of the molecule is CC(C#N)CN(C)c1nc(N)ncc1Cl. The monoisotopic (exact) mass is 225 g/mol.